The van der Waals surface area contributed by atoms with Gasteiger partial charge < -0.3 is 20.7 Å². The molecule has 0 unspecified atom stereocenters. The maximum atomic E-state index is 12.8. The number of aromatic hydroxyl groups is 1. The van der Waals surface area contributed by atoms with Crippen molar-refractivity contribution in [3.05, 3.63) is 41.7 Å². The van der Waals surface area contributed by atoms with E-state index in [2.05, 4.69) is 5.32 Å². The highest BCUT2D eigenvalue weighted by Gasteiger charge is 2.33. The molecule has 2 aromatic rings. The second-order valence-electron chi connectivity index (χ2n) is 7.22. The number of carbonyl (C=O) groups excluding carboxylic acids is 2. The summed E-state index contributed by atoms with van der Waals surface area (Å²) in [6, 6.07) is 6.24. The van der Waals surface area contributed by atoms with Crippen molar-refractivity contribution in [2.24, 2.45) is 18.7 Å². The summed E-state index contributed by atoms with van der Waals surface area (Å²) < 4.78 is 28.4. The maximum Gasteiger partial charge on any atom is 0.265 e. The van der Waals surface area contributed by atoms with E-state index in [9.17, 15) is 23.1 Å². The predicted molar refractivity (Wildman–Crippen MR) is 107 cm³/mol. The molecule has 3 rings (SSSR count). The third-order valence-corrected chi connectivity index (χ3v) is 6.97. The van der Waals surface area contributed by atoms with E-state index in [1.807, 2.05) is 6.92 Å². The maximum absolute atomic E-state index is 12.8. The first-order chi connectivity index (χ1) is 13.6. The van der Waals surface area contributed by atoms with Crippen LogP contribution >= 0.6 is 0 Å². The van der Waals surface area contributed by atoms with Crippen LogP contribution in [0.3, 0.4) is 0 Å². The molecule has 0 atom stereocenters. The number of sulfonamides is 1. The molecule has 4 N–H and O–H groups in total. The Balaban J connectivity index is 1.65. The number of aryl methyl sites for hydroxylation is 2. The SMILES string of the molecule is Cc1ccc(NC(=O)C2CCN(S(=O)(=O)c3cc(C(N)=O)n(C)c3)CC2)c(O)c1. The number of phenols is 1. The summed E-state index contributed by atoms with van der Waals surface area (Å²) in [6.45, 7) is 2.20. The number of phenolic OH excluding ortho intramolecular Hbond substituents is 1. The number of hydrogen-bond acceptors (Lipinski definition) is 5. The Morgan fingerprint density at radius 3 is 2.41 bits per heavy atom. The quantitative estimate of drug-likeness (QED) is 0.624. The minimum Gasteiger partial charge on any atom is -0.506 e. The van der Waals surface area contributed by atoms with Crippen molar-refractivity contribution in [1.29, 1.82) is 0 Å². The van der Waals surface area contributed by atoms with E-state index in [4.69, 9.17) is 5.73 Å². The van der Waals surface area contributed by atoms with Crippen LogP contribution in [-0.4, -0.2) is 47.3 Å². The summed E-state index contributed by atoms with van der Waals surface area (Å²) in [4.78, 5) is 23.9. The zero-order chi connectivity index (χ0) is 21.3. The second-order valence-corrected chi connectivity index (χ2v) is 9.16. The zero-order valence-electron chi connectivity index (χ0n) is 16.3. The van der Waals surface area contributed by atoms with Gasteiger partial charge in [-0.2, -0.15) is 4.31 Å². The lowest BCUT2D eigenvalue weighted by atomic mass is 9.97. The highest BCUT2D eigenvalue weighted by atomic mass is 32.2. The van der Waals surface area contributed by atoms with Crippen molar-refractivity contribution in [2.45, 2.75) is 24.7 Å². The van der Waals surface area contributed by atoms with Crippen molar-refractivity contribution in [1.82, 2.24) is 8.87 Å². The summed E-state index contributed by atoms with van der Waals surface area (Å²) in [7, 11) is -2.23. The van der Waals surface area contributed by atoms with Crippen LogP contribution in [-0.2, 0) is 21.9 Å². The van der Waals surface area contributed by atoms with Crippen LogP contribution in [0.15, 0.2) is 35.4 Å². The van der Waals surface area contributed by atoms with Gasteiger partial charge >= 0.3 is 0 Å². The van der Waals surface area contributed by atoms with Crippen LogP contribution in [0.25, 0.3) is 0 Å². The van der Waals surface area contributed by atoms with E-state index in [1.165, 1.54) is 21.1 Å². The van der Waals surface area contributed by atoms with Gasteiger partial charge in [0, 0.05) is 32.3 Å². The Labute approximate surface area is 169 Å². The van der Waals surface area contributed by atoms with Gasteiger partial charge in [0.1, 0.15) is 16.3 Å². The van der Waals surface area contributed by atoms with Gasteiger partial charge in [-0.15, -0.1) is 0 Å². The molecule has 0 aliphatic carbocycles. The fourth-order valence-corrected chi connectivity index (χ4v) is 4.95. The lowest BCUT2D eigenvalue weighted by Crippen LogP contribution is -2.41. The topological polar surface area (TPSA) is 135 Å². The molecular formula is C19H24N4O5S. The highest BCUT2D eigenvalue weighted by Crippen LogP contribution is 2.28. The van der Waals surface area contributed by atoms with Crippen molar-refractivity contribution in [2.75, 3.05) is 18.4 Å². The van der Waals surface area contributed by atoms with Gasteiger partial charge in [-0.25, -0.2) is 8.42 Å². The van der Waals surface area contributed by atoms with Crippen LogP contribution in [0, 0.1) is 12.8 Å². The summed E-state index contributed by atoms with van der Waals surface area (Å²) >= 11 is 0. The first-order valence-corrected chi connectivity index (χ1v) is 10.6. The van der Waals surface area contributed by atoms with E-state index in [0.717, 1.165) is 5.56 Å². The molecule has 1 aromatic heterocycles. The van der Waals surface area contributed by atoms with E-state index in [1.54, 1.807) is 25.2 Å². The van der Waals surface area contributed by atoms with Crippen LogP contribution in [0.1, 0.15) is 28.9 Å². The number of benzene rings is 1. The molecule has 0 spiro atoms. The van der Waals surface area contributed by atoms with Crippen molar-refractivity contribution in [3.63, 3.8) is 0 Å². The monoisotopic (exact) mass is 420 g/mol. The largest absolute Gasteiger partial charge is 0.506 e. The minimum atomic E-state index is -3.78. The van der Waals surface area contributed by atoms with Gasteiger partial charge in [-0.3, -0.25) is 9.59 Å². The molecule has 2 amide bonds. The Morgan fingerprint density at radius 2 is 1.86 bits per heavy atom. The molecule has 0 radical (unpaired) electrons. The number of nitrogens with two attached hydrogens (primary N) is 1. The van der Waals surface area contributed by atoms with Gasteiger partial charge in [-0.05, 0) is 43.5 Å². The molecule has 9 nitrogen and oxygen atoms in total. The molecule has 1 aliphatic heterocycles. The van der Waals surface area contributed by atoms with Crippen molar-refractivity contribution < 1.29 is 23.1 Å². The molecule has 1 fully saturated rings. The normalized spacial score (nSPS) is 15.9. The molecular weight excluding hydrogens is 396 g/mol. The van der Waals surface area contributed by atoms with Crippen LogP contribution in [0.2, 0.25) is 0 Å². The van der Waals surface area contributed by atoms with Crippen LogP contribution in [0.5, 0.6) is 5.75 Å². The first kappa shape index (κ1) is 20.9. The Kier molecular flexibility index (Phi) is 5.67. The second kappa shape index (κ2) is 7.88. The molecule has 0 saturated carbocycles. The molecule has 156 valence electrons. The van der Waals surface area contributed by atoms with Crippen molar-refractivity contribution >= 4 is 27.5 Å². The smallest absolute Gasteiger partial charge is 0.265 e. The fraction of sp³-hybridized carbons (Fsp3) is 0.368. The van der Waals surface area contributed by atoms with Gasteiger partial charge in [-0.1, -0.05) is 6.07 Å². The van der Waals surface area contributed by atoms with E-state index in [-0.39, 0.29) is 41.3 Å². The van der Waals surface area contributed by atoms with Crippen LogP contribution in [0.4, 0.5) is 5.69 Å². The Bertz CT molecular complexity index is 1050. The molecule has 29 heavy (non-hydrogen) atoms. The number of rotatable bonds is 5. The molecule has 1 saturated heterocycles. The molecule has 0 bridgehead atoms. The zero-order valence-corrected chi connectivity index (χ0v) is 17.1. The van der Waals surface area contributed by atoms with Gasteiger partial charge in [0.25, 0.3) is 5.91 Å². The molecule has 1 aromatic carbocycles. The number of carbonyl (C=O) groups is 2. The average molecular weight is 420 g/mol. The first-order valence-electron chi connectivity index (χ1n) is 9.16. The number of primary amides is 1. The summed E-state index contributed by atoms with van der Waals surface area (Å²) in [6.07, 6.45) is 2.06. The summed E-state index contributed by atoms with van der Waals surface area (Å²) in [5, 5.41) is 12.6. The summed E-state index contributed by atoms with van der Waals surface area (Å²) in [5.41, 5.74) is 6.57. The lowest BCUT2D eigenvalue weighted by Gasteiger charge is -2.30. The third-order valence-electron chi connectivity index (χ3n) is 5.11. The van der Waals surface area contributed by atoms with E-state index < -0.39 is 15.9 Å². The number of piperidine rings is 1. The number of amides is 2. The van der Waals surface area contributed by atoms with E-state index >= 15 is 0 Å². The van der Waals surface area contributed by atoms with Gasteiger partial charge in [0.05, 0.1) is 5.69 Å². The molecule has 10 heteroatoms. The third kappa shape index (κ3) is 4.28. The van der Waals surface area contributed by atoms with Crippen molar-refractivity contribution in [3.8, 4) is 5.75 Å². The fourth-order valence-electron chi connectivity index (χ4n) is 3.41. The Morgan fingerprint density at radius 1 is 1.21 bits per heavy atom. The Hall–Kier alpha value is -2.85. The summed E-state index contributed by atoms with van der Waals surface area (Å²) in [5.74, 6) is -1.33. The number of anilines is 1. The highest BCUT2D eigenvalue weighted by molar-refractivity contribution is 7.89. The number of nitrogens with zero attached hydrogens (tertiary/aromatic N) is 2. The lowest BCUT2D eigenvalue weighted by molar-refractivity contribution is -0.120. The van der Waals surface area contributed by atoms with Gasteiger partial charge in [0.2, 0.25) is 15.9 Å². The number of aromatic nitrogens is 1. The average Bonchev–Trinajstić information content (AvgIpc) is 3.07. The van der Waals surface area contributed by atoms with Gasteiger partial charge in [0.15, 0.2) is 0 Å². The number of hydrogen-bond donors (Lipinski definition) is 3. The number of nitrogens with one attached hydrogen (secondary N) is 1. The predicted octanol–water partition coefficient (Wildman–Crippen LogP) is 1.18. The van der Waals surface area contributed by atoms with E-state index in [0.29, 0.717) is 18.5 Å². The molecule has 2 heterocycles. The minimum absolute atomic E-state index is 0.00118. The standard InChI is InChI=1S/C19H24N4O5S/c1-12-3-4-15(17(24)9-12)21-19(26)13-5-7-23(8-6-13)29(27,28)14-10-16(18(20)25)22(2)11-14/h3-4,9-11,13,24H,5-8H2,1-2H3,(H2,20,25)(H,21,26). The van der Waals surface area contributed by atoms with Crippen LogP contribution < -0.4 is 11.1 Å². The molecule has 1 aliphatic rings.